The summed E-state index contributed by atoms with van der Waals surface area (Å²) >= 11 is 1.81. The van der Waals surface area contributed by atoms with Crippen LogP contribution in [-0.2, 0) is 25.0 Å². The lowest BCUT2D eigenvalue weighted by Gasteiger charge is -2.12. The van der Waals surface area contributed by atoms with Gasteiger partial charge >= 0.3 is 0 Å². The van der Waals surface area contributed by atoms with Gasteiger partial charge in [-0.1, -0.05) is 0 Å². The van der Waals surface area contributed by atoms with Crippen molar-refractivity contribution in [3.8, 4) is 11.5 Å². The molecule has 0 radical (unpaired) electrons. The van der Waals surface area contributed by atoms with Crippen molar-refractivity contribution in [2.24, 2.45) is 7.05 Å². The number of ether oxygens (including phenoxy) is 2. The molecule has 3 rings (SSSR count). The fraction of sp³-hybridized carbons (Fsp3) is 0.529. The Bertz CT molecular complexity index is 699. The second-order valence-corrected chi connectivity index (χ2v) is 6.83. The van der Waals surface area contributed by atoms with Crippen LogP contribution in [0.3, 0.4) is 0 Å². The normalized spacial score (nSPS) is 16.3. The standard InChI is InChI=1S/C17H23N3O2S/c1-5-21-15-7-13-6-11(2)22-16(13)8-14(15)9-23-10-17-19-18-12(3)20(17)4/h7-8,11H,5-6,9-10H2,1-4H3. The Morgan fingerprint density at radius 1 is 1.35 bits per heavy atom. The second kappa shape index (κ2) is 6.83. The number of benzene rings is 1. The number of aryl methyl sites for hydroxylation is 1. The lowest BCUT2D eigenvalue weighted by Crippen LogP contribution is -2.05. The van der Waals surface area contributed by atoms with Gasteiger partial charge in [-0.05, 0) is 32.9 Å². The van der Waals surface area contributed by atoms with Crippen molar-refractivity contribution in [2.75, 3.05) is 6.61 Å². The van der Waals surface area contributed by atoms with Crippen LogP contribution in [0, 0.1) is 6.92 Å². The minimum Gasteiger partial charge on any atom is -0.494 e. The summed E-state index contributed by atoms with van der Waals surface area (Å²) in [5.74, 6) is 5.62. The highest BCUT2D eigenvalue weighted by Gasteiger charge is 2.21. The van der Waals surface area contributed by atoms with Gasteiger partial charge in [0.05, 0.1) is 12.4 Å². The van der Waals surface area contributed by atoms with Gasteiger partial charge in [0.2, 0.25) is 0 Å². The van der Waals surface area contributed by atoms with Crippen LogP contribution in [0.5, 0.6) is 11.5 Å². The molecule has 6 heteroatoms. The summed E-state index contributed by atoms with van der Waals surface area (Å²) in [6, 6.07) is 4.28. The Morgan fingerprint density at radius 2 is 2.17 bits per heavy atom. The molecule has 124 valence electrons. The minimum absolute atomic E-state index is 0.254. The van der Waals surface area contributed by atoms with Crippen LogP contribution in [-0.4, -0.2) is 27.5 Å². The zero-order chi connectivity index (χ0) is 16.4. The van der Waals surface area contributed by atoms with Gasteiger partial charge in [-0.2, -0.15) is 0 Å². The second-order valence-electron chi connectivity index (χ2n) is 5.85. The van der Waals surface area contributed by atoms with Gasteiger partial charge in [0.25, 0.3) is 0 Å². The van der Waals surface area contributed by atoms with E-state index in [0.717, 1.165) is 41.1 Å². The molecule has 23 heavy (non-hydrogen) atoms. The number of hydrogen-bond acceptors (Lipinski definition) is 5. The van der Waals surface area contributed by atoms with Gasteiger partial charge in [0.1, 0.15) is 29.3 Å². The van der Waals surface area contributed by atoms with Gasteiger partial charge in [0.15, 0.2) is 0 Å². The van der Waals surface area contributed by atoms with E-state index in [0.29, 0.717) is 6.61 Å². The fourth-order valence-electron chi connectivity index (χ4n) is 2.71. The van der Waals surface area contributed by atoms with E-state index < -0.39 is 0 Å². The molecule has 0 aliphatic carbocycles. The highest BCUT2D eigenvalue weighted by Crippen LogP contribution is 2.36. The lowest BCUT2D eigenvalue weighted by molar-refractivity contribution is 0.254. The zero-order valence-corrected chi connectivity index (χ0v) is 14.9. The molecule has 5 nitrogen and oxygen atoms in total. The molecule has 0 amide bonds. The Morgan fingerprint density at radius 3 is 2.87 bits per heavy atom. The molecule has 0 saturated heterocycles. The molecule has 1 atom stereocenters. The molecule has 1 aromatic carbocycles. The average Bonchev–Trinajstić information content (AvgIpc) is 3.03. The number of fused-ring (bicyclic) bond motifs is 1. The fourth-order valence-corrected chi connectivity index (χ4v) is 3.69. The van der Waals surface area contributed by atoms with Crippen LogP contribution in [0.25, 0.3) is 0 Å². The van der Waals surface area contributed by atoms with E-state index in [2.05, 4.69) is 29.3 Å². The summed E-state index contributed by atoms with van der Waals surface area (Å²) in [5, 5.41) is 8.31. The van der Waals surface area contributed by atoms with Crippen molar-refractivity contribution in [2.45, 2.75) is 44.8 Å². The molecule has 0 fully saturated rings. The maximum Gasteiger partial charge on any atom is 0.142 e. The van der Waals surface area contributed by atoms with Crippen molar-refractivity contribution >= 4 is 11.8 Å². The molecular weight excluding hydrogens is 310 g/mol. The number of aromatic nitrogens is 3. The number of hydrogen-bond donors (Lipinski definition) is 0. The van der Waals surface area contributed by atoms with Crippen LogP contribution < -0.4 is 9.47 Å². The quantitative estimate of drug-likeness (QED) is 0.812. The van der Waals surface area contributed by atoms with E-state index in [9.17, 15) is 0 Å². The third-order valence-electron chi connectivity index (χ3n) is 4.05. The maximum absolute atomic E-state index is 5.88. The first-order valence-corrected chi connectivity index (χ1v) is 9.11. The Hall–Kier alpha value is -1.69. The molecule has 1 aromatic heterocycles. The van der Waals surface area contributed by atoms with Crippen LogP contribution in [0.15, 0.2) is 12.1 Å². The van der Waals surface area contributed by atoms with Gasteiger partial charge in [-0.25, -0.2) is 0 Å². The molecule has 0 bridgehead atoms. The van der Waals surface area contributed by atoms with Crippen LogP contribution in [0.2, 0.25) is 0 Å². The third-order valence-corrected chi connectivity index (χ3v) is 5.03. The summed E-state index contributed by atoms with van der Waals surface area (Å²) in [7, 11) is 2.00. The third kappa shape index (κ3) is 3.47. The van der Waals surface area contributed by atoms with E-state index in [4.69, 9.17) is 9.47 Å². The summed E-state index contributed by atoms with van der Waals surface area (Å²) in [5.41, 5.74) is 2.43. The highest BCUT2D eigenvalue weighted by atomic mass is 32.2. The Labute approximate surface area is 141 Å². The van der Waals surface area contributed by atoms with E-state index in [1.807, 2.05) is 37.2 Å². The summed E-state index contributed by atoms with van der Waals surface area (Å²) in [4.78, 5) is 0. The van der Waals surface area contributed by atoms with Gasteiger partial charge in [0, 0.05) is 30.3 Å². The van der Waals surface area contributed by atoms with Crippen molar-refractivity contribution in [1.29, 1.82) is 0 Å². The first-order valence-electron chi connectivity index (χ1n) is 7.96. The monoisotopic (exact) mass is 333 g/mol. The summed E-state index contributed by atoms with van der Waals surface area (Å²) < 4.78 is 13.7. The predicted molar refractivity (Wildman–Crippen MR) is 92.1 cm³/mol. The van der Waals surface area contributed by atoms with E-state index >= 15 is 0 Å². The van der Waals surface area contributed by atoms with Crippen molar-refractivity contribution in [1.82, 2.24) is 14.8 Å². The minimum atomic E-state index is 0.254. The van der Waals surface area contributed by atoms with Crippen LogP contribution in [0.1, 0.15) is 36.6 Å². The summed E-state index contributed by atoms with van der Waals surface area (Å²) in [6.07, 6.45) is 1.21. The van der Waals surface area contributed by atoms with Crippen LogP contribution >= 0.6 is 11.8 Å². The molecule has 1 unspecified atom stereocenters. The number of thioether (sulfide) groups is 1. The average molecular weight is 333 g/mol. The van der Waals surface area contributed by atoms with Gasteiger partial charge in [-0.15, -0.1) is 22.0 Å². The molecule has 2 aromatic rings. The molecule has 0 N–H and O–H groups in total. The smallest absolute Gasteiger partial charge is 0.142 e. The van der Waals surface area contributed by atoms with Gasteiger partial charge < -0.3 is 14.0 Å². The Balaban J connectivity index is 1.71. The number of rotatable bonds is 6. The topological polar surface area (TPSA) is 49.2 Å². The molecule has 0 saturated carbocycles. The SMILES string of the molecule is CCOc1cc2c(cc1CSCc1nnc(C)n1C)OC(C)C2. The molecule has 0 spiro atoms. The first kappa shape index (κ1) is 16.2. The number of nitrogens with zero attached hydrogens (tertiary/aromatic N) is 3. The lowest BCUT2D eigenvalue weighted by atomic mass is 10.1. The van der Waals surface area contributed by atoms with E-state index in [-0.39, 0.29) is 6.10 Å². The molecule has 1 aliphatic rings. The Kier molecular flexibility index (Phi) is 4.80. The molecule has 1 aliphatic heterocycles. The highest BCUT2D eigenvalue weighted by molar-refractivity contribution is 7.97. The van der Waals surface area contributed by atoms with Crippen LogP contribution in [0.4, 0.5) is 0 Å². The van der Waals surface area contributed by atoms with E-state index in [1.54, 1.807) is 0 Å². The predicted octanol–water partition coefficient (Wildman–Crippen LogP) is 3.28. The van der Waals surface area contributed by atoms with Gasteiger partial charge in [-0.3, -0.25) is 0 Å². The molecule has 2 heterocycles. The van der Waals surface area contributed by atoms with Crippen molar-refractivity contribution in [3.05, 3.63) is 34.9 Å². The van der Waals surface area contributed by atoms with Crippen molar-refractivity contribution in [3.63, 3.8) is 0 Å². The largest absolute Gasteiger partial charge is 0.494 e. The van der Waals surface area contributed by atoms with E-state index in [1.165, 1.54) is 11.1 Å². The maximum atomic E-state index is 5.88. The zero-order valence-electron chi connectivity index (χ0n) is 14.1. The first-order chi connectivity index (χ1) is 11.1. The molecular formula is C17H23N3O2S. The summed E-state index contributed by atoms with van der Waals surface area (Å²) in [6.45, 7) is 6.76. The van der Waals surface area contributed by atoms with Crippen molar-refractivity contribution < 1.29 is 9.47 Å².